The Labute approximate surface area is 91.2 Å². The number of nitrogens with zero attached hydrogens (tertiary/aromatic N) is 2. The minimum absolute atomic E-state index is 0. The fourth-order valence-electron chi connectivity index (χ4n) is 1.55. The van der Waals surface area contributed by atoms with Crippen molar-refractivity contribution in [2.24, 2.45) is 10.7 Å². The lowest BCUT2D eigenvalue weighted by atomic mass is 10.2. The number of rotatable bonds is 4. The Hall–Kier alpha value is -0.250. The Morgan fingerprint density at radius 1 is 1.54 bits per heavy atom. The van der Waals surface area contributed by atoms with Crippen LogP contribution in [-0.2, 0) is 0 Å². The van der Waals surface area contributed by atoms with Crippen LogP contribution < -0.4 is 5.73 Å². The molecule has 2 N–H and O–H groups in total. The normalized spacial score (nSPS) is 21.2. The predicted octanol–water partition coefficient (Wildman–Crippen LogP) is 1.77. The molecule has 0 aromatic rings. The van der Waals surface area contributed by atoms with Crippen LogP contribution in [0.5, 0.6) is 0 Å². The summed E-state index contributed by atoms with van der Waals surface area (Å²) in [5.74, 6) is 0.746. The van der Waals surface area contributed by atoms with Gasteiger partial charge in [0.1, 0.15) is 0 Å². The fraction of sp³-hybridized carbons (Fsp3) is 0.889. The van der Waals surface area contributed by atoms with E-state index in [0.29, 0.717) is 6.04 Å². The van der Waals surface area contributed by atoms with Crippen LogP contribution in [0, 0.1) is 0 Å². The molecule has 0 spiro atoms. The summed E-state index contributed by atoms with van der Waals surface area (Å²) in [6, 6.07) is 0.566. The van der Waals surface area contributed by atoms with Gasteiger partial charge in [-0.05, 0) is 12.8 Å². The SMILES string of the molecule is Br.CCCCN1C(N)=NCC1CC. The van der Waals surface area contributed by atoms with Gasteiger partial charge in [-0.1, -0.05) is 20.3 Å². The number of nitrogens with two attached hydrogens (primary N) is 1. The van der Waals surface area contributed by atoms with Crippen LogP contribution in [0.15, 0.2) is 4.99 Å². The van der Waals surface area contributed by atoms with Gasteiger partial charge in [-0.25, -0.2) is 0 Å². The summed E-state index contributed by atoms with van der Waals surface area (Å²) < 4.78 is 0. The Bertz CT molecular complexity index is 170. The van der Waals surface area contributed by atoms with Crippen LogP contribution in [0.3, 0.4) is 0 Å². The molecule has 0 saturated carbocycles. The van der Waals surface area contributed by atoms with Gasteiger partial charge < -0.3 is 10.6 Å². The monoisotopic (exact) mass is 249 g/mol. The molecule has 0 aliphatic carbocycles. The number of aliphatic imine (C=N–C) groups is 1. The third-order valence-electron chi connectivity index (χ3n) is 2.42. The number of guanidine groups is 1. The zero-order valence-corrected chi connectivity index (χ0v) is 10.2. The third-order valence-corrected chi connectivity index (χ3v) is 2.42. The predicted molar refractivity (Wildman–Crippen MR) is 62.5 cm³/mol. The zero-order chi connectivity index (χ0) is 8.97. The number of unbranched alkanes of at least 4 members (excludes halogenated alkanes) is 1. The molecule has 0 amide bonds. The van der Waals surface area contributed by atoms with Crippen LogP contribution in [0.4, 0.5) is 0 Å². The van der Waals surface area contributed by atoms with Gasteiger partial charge >= 0.3 is 0 Å². The van der Waals surface area contributed by atoms with Gasteiger partial charge in [-0.15, -0.1) is 17.0 Å². The largest absolute Gasteiger partial charge is 0.370 e. The number of halogens is 1. The van der Waals surface area contributed by atoms with Crippen molar-refractivity contribution in [3.8, 4) is 0 Å². The van der Waals surface area contributed by atoms with Crippen molar-refractivity contribution < 1.29 is 0 Å². The summed E-state index contributed by atoms with van der Waals surface area (Å²) in [5, 5.41) is 0. The summed E-state index contributed by atoms with van der Waals surface area (Å²) in [4.78, 5) is 6.48. The lowest BCUT2D eigenvalue weighted by Gasteiger charge is -2.24. The molecule has 0 fully saturated rings. The van der Waals surface area contributed by atoms with Crippen LogP contribution in [0.25, 0.3) is 0 Å². The van der Waals surface area contributed by atoms with Gasteiger partial charge in [-0.2, -0.15) is 0 Å². The van der Waals surface area contributed by atoms with E-state index in [9.17, 15) is 0 Å². The Morgan fingerprint density at radius 3 is 2.77 bits per heavy atom. The molecule has 1 atom stereocenters. The van der Waals surface area contributed by atoms with Crippen LogP contribution in [0.2, 0.25) is 0 Å². The van der Waals surface area contributed by atoms with Crippen LogP contribution in [-0.4, -0.2) is 30.0 Å². The summed E-state index contributed by atoms with van der Waals surface area (Å²) in [6.45, 7) is 6.36. The van der Waals surface area contributed by atoms with Crippen molar-refractivity contribution in [1.82, 2.24) is 4.90 Å². The highest BCUT2D eigenvalue weighted by Gasteiger charge is 2.22. The molecule has 1 aliphatic heterocycles. The first-order valence-corrected chi connectivity index (χ1v) is 4.86. The highest BCUT2D eigenvalue weighted by Crippen LogP contribution is 2.12. The van der Waals surface area contributed by atoms with Crippen molar-refractivity contribution >= 4 is 22.9 Å². The zero-order valence-electron chi connectivity index (χ0n) is 8.49. The van der Waals surface area contributed by atoms with Crippen molar-refractivity contribution in [3.63, 3.8) is 0 Å². The molecule has 4 heteroatoms. The maximum Gasteiger partial charge on any atom is 0.191 e. The lowest BCUT2D eigenvalue weighted by Crippen LogP contribution is -2.40. The Balaban J connectivity index is 0.00000144. The molecule has 3 nitrogen and oxygen atoms in total. The van der Waals surface area contributed by atoms with E-state index in [1.807, 2.05) is 0 Å². The van der Waals surface area contributed by atoms with Gasteiger partial charge in [0.15, 0.2) is 5.96 Å². The molecule has 1 heterocycles. The quantitative estimate of drug-likeness (QED) is 0.826. The Morgan fingerprint density at radius 2 is 2.23 bits per heavy atom. The van der Waals surface area contributed by atoms with Gasteiger partial charge in [0, 0.05) is 6.54 Å². The Kier molecular flexibility index (Phi) is 6.12. The highest BCUT2D eigenvalue weighted by atomic mass is 79.9. The van der Waals surface area contributed by atoms with E-state index in [4.69, 9.17) is 5.73 Å². The molecule has 0 aromatic carbocycles. The molecule has 78 valence electrons. The third kappa shape index (κ3) is 3.18. The van der Waals surface area contributed by atoms with Crippen molar-refractivity contribution in [2.45, 2.75) is 39.2 Å². The maximum atomic E-state index is 5.76. The van der Waals surface area contributed by atoms with Crippen LogP contribution >= 0.6 is 17.0 Å². The van der Waals surface area contributed by atoms with Gasteiger partial charge in [-0.3, -0.25) is 4.99 Å². The number of hydrogen-bond acceptors (Lipinski definition) is 3. The highest BCUT2D eigenvalue weighted by molar-refractivity contribution is 8.93. The molecule has 1 rings (SSSR count). The summed E-state index contributed by atoms with van der Waals surface area (Å²) in [5.41, 5.74) is 5.76. The van der Waals surface area contributed by atoms with E-state index in [1.54, 1.807) is 0 Å². The van der Waals surface area contributed by atoms with Gasteiger partial charge in [0.25, 0.3) is 0 Å². The molecular formula is C9H20BrN3. The molecule has 1 unspecified atom stereocenters. The van der Waals surface area contributed by atoms with E-state index in [0.717, 1.165) is 25.5 Å². The molecule has 0 radical (unpaired) electrons. The molecule has 0 saturated heterocycles. The minimum atomic E-state index is 0. The first kappa shape index (κ1) is 12.8. The first-order chi connectivity index (χ1) is 5.79. The average Bonchev–Trinajstić information content (AvgIpc) is 2.43. The van der Waals surface area contributed by atoms with E-state index >= 15 is 0 Å². The molecular weight excluding hydrogens is 230 g/mol. The summed E-state index contributed by atoms with van der Waals surface area (Å²) >= 11 is 0. The van der Waals surface area contributed by atoms with Crippen molar-refractivity contribution in [3.05, 3.63) is 0 Å². The number of hydrogen-bond donors (Lipinski definition) is 1. The van der Waals surface area contributed by atoms with Crippen LogP contribution in [0.1, 0.15) is 33.1 Å². The van der Waals surface area contributed by atoms with E-state index in [1.165, 1.54) is 12.8 Å². The second kappa shape index (κ2) is 6.24. The van der Waals surface area contributed by atoms with E-state index < -0.39 is 0 Å². The maximum absolute atomic E-state index is 5.76. The lowest BCUT2D eigenvalue weighted by molar-refractivity contribution is 0.326. The molecule has 0 aromatic heterocycles. The standard InChI is InChI=1S/C9H19N3.BrH/c1-3-5-6-12-8(4-2)7-11-9(12)10;/h8H,3-7H2,1-2H3,(H2,10,11);1H. The van der Waals surface area contributed by atoms with Crippen molar-refractivity contribution in [2.75, 3.05) is 13.1 Å². The fourth-order valence-corrected chi connectivity index (χ4v) is 1.55. The van der Waals surface area contributed by atoms with Gasteiger partial charge in [0.05, 0.1) is 12.6 Å². The minimum Gasteiger partial charge on any atom is -0.370 e. The molecule has 13 heavy (non-hydrogen) atoms. The first-order valence-electron chi connectivity index (χ1n) is 4.86. The molecule has 1 aliphatic rings. The second-order valence-corrected chi connectivity index (χ2v) is 3.31. The van der Waals surface area contributed by atoms with E-state index in [2.05, 4.69) is 23.7 Å². The molecule has 0 bridgehead atoms. The average molecular weight is 250 g/mol. The van der Waals surface area contributed by atoms with Crippen molar-refractivity contribution in [1.29, 1.82) is 0 Å². The van der Waals surface area contributed by atoms with E-state index in [-0.39, 0.29) is 17.0 Å². The smallest absolute Gasteiger partial charge is 0.191 e. The summed E-state index contributed by atoms with van der Waals surface area (Å²) in [7, 11) is 0. The summed E-state index contributed by atoms with van der Waals surface area (Å²) in [6.07, 6.45) is 3.58. The van der Waals surface area contributed by atoms with Gasteiger partial charge in [0.2, 0.25) is 0 Å². The second-order valence-electron chi connectivity index (χ2n) is 3.31. The topological polar surface area (TPSA) is 41.6 Å².